The van der Waals surface area contributed by atoms with Crippen molar-refractivity contribution < 1.29 is 14.3 Å². The first kappa shape index (κ1) is 18.0. The van der Waals surface area contributed by atoms with E-state index in [0.29, 0.717) is 19.5 Å². The molecule has 0 aromatic heterocycles. The van der Waals surface area contributed by atoms with Gasteiger partial charge >= 0.3 is 6.09 Å². The molecule has 1 saturated heterocycles. The Morgan fingerprint density at radius 1 is 1.33 bits per heavy atom. The van der Waals surface area contributed by atoms with Crippen LogP contribution in [-0.2, 0) is 22.6 Å². The molecule has 0 bridgehead atoms. The lowest BCUT2D eigenvalue weighted by atomic mass is 10.1. The number of rotatable bonds is 5. The highest BCUT2D eigenvalue weighted by atomic mass is 16.6. The summed E-state index contributed by atoms with van der Waals surface area (Å²) in [5.74, 6) is 0.436. The molecule has 130 valence electrons. The fraction of sp³-hybridized carbons (Fsp3) is 0.474. The number of ether oxygens (including phenoxy) is 1. The van der Waals surface area contributed by atoms with Gasteiger partial charge in [-0.05, 0) is 31.9 Å². The van der Waals surface area contributed by atoms with E-state index in [1.165, 1.54) is 0 Å². The summed E-state index contributed by atoms with van der Waals surface area (Å²) >= 11 is 0. The third-order valence-electron chi connectivity index (χ3n) is 3.81. The maximum absolute atomic E-state index is 11.9. The van der Waals surface area contributed by atoms with Crippen molar-refractivity contribution in [2.75, 3.05) is 6.54 Å². The van der Waals surface area contributed by atoms with E-state index in [1.807, 2.05) is 56.0 Å². The second-order valence-electron chi connectivity index (χ2n) is 7.15. The van der Waals surface area contributed by atoms with Crippen molar-refractivity contribution in [2.24, 2.45) is 5.92 Å². The van der Waals surface area contributed by atoms with E-state index in [0.717, 1.165) is 17.7 Å². The zero-order valence-electron chi connectivity index (χ0n) is 14.7. The molecule has 24 heavy (non-hydrogen) atoms. The number of alkyl carbamates (subject to hydrolysis) is 1. The van der Waals surface area contributed by atoms with Crippen LogP contribution < -0.4 is 5.32 Å². The minimum absolute atomic E-state index is 0.176. The highest BCUT2D eigenvalue weighted by Crippen LogP contribution is 2.20. The van der Waals surface area contributed by atoms with Crippen LogP contribution in [0.15, 0.2) is 36.9 Å². The van der Waals surface area contributed by atoms with Crippen LogP contribution in [0.1, 0.15) is 38.3 Å². The van der Waals surface area contributed by atoms with Gasteiger partial charge in [0, 0.05) is 32.0 Å². The van der Waals surface area contributed by atoms with Crippen molar-refractivity contribution in [2.45, 2.75) is 45.9 Å². The average molecular weight is 330 g/mol. The number of benzene rings is 1. The smallest absolute Gasteiger partial charge is 0.407 e. The summed E-state index contributed by atoms with van der Waals surface area (Å²) in [7, 11) is 0. The number of carbonyl (C=O) groups excluding carboxylic acids is 2. The van der Waals surface area contributed by atoms with Gasteiger partial charge in [0.05, 0.1) is 0 Å². The van der Waals surface area contributed by atoms with Crippen molar-refractivity contribution in [1.82, 2.24) is 10.2 Å². The minimum Gasteiger partial charge on any atom is -0.444 e. The quantitative estimate of drug-likeness (QED) is 0.843. The molecule has 1 aliphatic rings. The lowest BCUT2D eigenvalue weighted by molar-refractivity contribution is -0.128. The largest absolute Gasteiger partial charge is 0.444 e. The molecule has 0 radical (unpaired) electrons. The Hall–Kier alpha value is -2.30. The highest BCUT2D eigenvalue weighted by Gasteiger charge is 2.27. The van der Waals surface area contributed by atoms with Gasteiger partial charge in [-0.3, -0.25) is 4.79 Å². The van der Waals surface area contributed by atoms with Gasteiger partial charge in [0.1, 0.15) is 5.60 Å². The normalized spacial score (nSPS) is 17.7. The zero-order valence-corrected chi connectivity index (χ0v) is 14.7. The molecule has 2 amide bonds. The van der Waals surface area contributed by atoms with Gasteiger partial charge in [0.15, 0.2) is 0 Å². The summed E-state index contributed by atoms with van der Waals surface area (Å²) in [4.78, 5) is 25.4. The van der Waals surface area contributed by atoms with Crippen LogP contribution in [0.25, 0.3) is 0 Å². The van der Waals surface area contributed by atoms with Gasteiger partial charge in [0.25, 0.3) is 0 Å². The Kier molecular flexibility index (Phi) is 5.65. The van der Waals surface area contributed by atoms with Crippen molar-refractivity contribution in [3.63, 3.8) is 0 Å². The first-order valence-corrected chi connectivity index (χ1v) is 8.22. The maximum Gasteiger partial charge on any atom is 0.407 e. The van der Waals surface area contributed by atoms with Gasteiger partial charge < -0.3 is 15.0 Å². The lowest BCUT2D eigenvalue weighted by Gasteiger charge is -2.19. The summed E-state index contributed by atoms with van der Waals surface area (Å²) in [6, 6.07) is 7.89. The van der Waals surface area contributed by atoms with Gasteiger partial charge in [0.2, 0.25) is 5.91 Å². The molecule has 5 heteroatoms. The molecule has 0 spiro atoms. The van der Waals surface area contributed by atoms with Crippen LogP contribution in [0.2, 0.25) is 0 Å². The van der Waals surface area contributed by atoms with E-state index in [9.17, 15) is 9.59 Å². The number of hydrogen-bond acceptors (Lipinski definition) is 3. The number of nitrogens with one attached hydrogen (secondary N) is 1. The number of amides is 2. The molecular weight excluding hydrogens is 304 g/mol. The molecule has 1 aliphatic heterocycles. The van der Waals surface area contributed by atoms with E-state index in [2.05, 4.69) is 11.9 Å². The number of nitrogens with zero attached hydrogens (tertiary/aromatic N) is 1. The lowest BCUT2D eigenvalue weighted by Crippen LogP contribution is -2.32. The molecule has 2 rings (SSSR count). The molecule has 1 aromatic rings. The summed E-state index contributed by atoms with van der Waals surface area (Å²) in [5.41, 5.74) is 1.56. The number of hydrogen-bond donors (Lipinski definition) is 1. The zero-order chi connectivity index (χ0) is 17.7. The molecule has 0 aliphatic carbocycles. The van der Waals surface area contributed by atoms with Gasteiger partial charge in [-0.1, -0.05) is 30.3 Å². The van der Waals surface area contributed by atoms with Crippen LogP contribution in [0.4, 0.5) is 4.79 Å². The molecule has 1 atom stereocenters. The van der Waals surface area contributed by atoms with Crippen molar-refractivity contribution in [1.29, 1.82) is 0 Å². The van der Waals surface area contributed by atoms with Gasteiger partial charge in [-0.25, -0.2) is 4.79 Å². The Morgan fingerprint density at radius 2 is 1.96 bits per heavy atom. The molecule has 1 N–H and O–H groups in total. The van der Waals surface area contributed by atoms with E-state index in [4.69, 9.17) is 4.74 Å². The Labute approximate surface area is 143 Å². The summed E-state index contributed by atoms with van der Waals surface area (Å²) in [6.45, 7) is 11.0. The monoisotopic (exact) mass is 330 g/mol. The third-order valence-corrected chi connectivity index (χ3v) is 3.81. The van der Waals surface area contributed by atoms with Gasteiger partial charge in [-0.15, -0.1) is 6.58 Å². The standard InChI is InChI=1S/C19H26N2O3/c1-5-14-10-17(22)21(12-14)13-16-8-6-15(7-9-16)11-20-18(23)24-19(2,3)4/h5-9,14H,1,10-13H2,2-4H3,(H,20,23). The van der Waals surface area contributed by atoms with Gasteiger partial charge in [-0.2, -0.15) is 0 Å². The number of likely N-dealkylation sites (tertiary alicyclic amines) is 1. The average Bonchev–Trinajstić information content (AvgIpc) is 2.85. The Bertz CT molecular complexity index is 602. The summed E-state index contributed by atoms with van der Waals surface area (Å²) < 4.78 is 5.20. The molecule has 5 nitrogen and oxygen atoms in total. The summed E-state index contributed by atoms with van der Waals surface area (Å²) in [6.07, 6.45) is 1.98. The predicted octanol–water partition coefficient (Wildman–Crippen LogP) is 3.25. The predicted molar refractivity (Wildman–Crippen MR) is 93.2 cm³/mol. The molecule has 1 unspecified atom stereocenters. The van der Waals surface area contributed by atoms with E-state index in [-0.39, 0.29) is 11.8 Å². The topological polar surface area (TPSA) is 58.6 Å². The fourth-order valence-corrected chi connectivity index (χ4v) is 2.58. The van der Waals surface area contributed by atoms with Crippen LogP contribution >= 0.6 is 0 Å². The van der Waals surface area contributed by atoms with Crippen molar-refractivity contribution in [3.8, 4) is 0 Å². The Balaban J connectivity index is 1.84. The second kappa shape index (κ2) is 7.51. The van der Waals surface area contributed by atoms with Crippen molar-refractivity contribution in [3.05, 3.63) is 48.0 Å². The van der Waals surface area contributed by atoms with Crippen LogP contribution in [-0.4, -0.2) is 29.0 Å². The fourth-order valence-electron chi connectivity index (χ4n) is 2.58. The third kappa shape index (κ3) is 5.41. The summed E-state index contributed by atoms with van der Waals surface area (Å²) in [5, 5.41) is 2.73. The minimum atomic E-state index is -0.500. The van der Waals surface area contributed by atoms with E-state index in [1.54, 1.807) is 0 Å². The Morgan fingerprint density at radius 3 is 2.50 bits per heavy atom. The van der Waals surface area contributed by atoms with Crippen LogP contribution in [0.5, 0.6) is 0 Å². The van der Waals surface area contributed by atoms with E-state index >= 15 is 0 Å². The van der Waals surface area contributed by atoms with Crippen LogP contribution in [0, 0.1) is 5.92 Å². The first-order valence-electron chi connectivity index (χ1n) is 8.22. The second-order valence-corrected chi connectivity index (χ2v) is 7.15. The molecule has 0 saturated carbocycles. The van der Waals surface area contributed by atoms with Crippen molar-refractivity contribution >= 4 is 12.0 Å². The first-order chi connectivity index (χ1) is 11.3. The van der Waals surface area contributed by atoms with Crippen LogP contribution in [0.3, 0.4) is 0 Å². The highest BCUT2D eigenvalue weighted by molar-refractivity contribution is 5.79. The maximum atomic E-state index is 11.9. The molecular formula is C19H26N2O3. The molecule has 1 fully saturated rings. The molecule has 1 aromatic carbocycles. The van der Waals surface area contributed by atoms with E-state index < -0.39 is 11.7 Å². The molecule has 1 heterocycles. The SMILES string of the molecule is C=CC1CC(=O)N(Cc2ccc(CNC(=O)OC(C)(C)C)cc2)C1. The number of carbonyl (C=O) groups is 2.